The maximum Gasteiger partial charge on any atom is 0.124 e. The topological polar surface area (TPSA) is 30.5 Å². The fourth-order valence-electron chi connectivity index (χ4n) is 2.28. The molecular weight excluding hydrogens is 286 g/mol. The smallest absolute Gasteiger partial charge is 0.124 e. The Morgan fingerprint density at radius 2 is 1.81 bits per heavy atom. The molecule has 4 heteroatoms. The molecule has 0 fully saturated rings. The number of benzene rings is 2. The number of hydrogen-bond acceptors (Lipinski definition) is 3. The Morgan fingerprint density at radius 1 is 1.05 bits per heavy atom. The zero-order valence-corrected chi connectivity index (χ0v) is 13.5. The Balaban J connectivity index is 2.28. The summed E-state index contributed by atoms with van der Waals surface area (Å²) in [4.78, 5) is 0. The van der Waals surface area contributed by atoms with Crippen molar-refractivity contribution in [3.63, 3.8) is 0 Å². The molecule has 3 nitrogen and oxygen atoms in total. The van der Waals surface area contributed by atoms with Crippen molar-refractivity contribution in [2.45, 2.75) is 19.9 Å². The molecule has 0 heterocycles. The number of ether oxygens (including phenoxy) is 2. The molecule has 2 rings (SSSR count). The van der Waals surface area contributed by atoms with E-state index in [-0.39, 0.29) is 6.04 Å². The van der Waals surface area contributed by atoms with Crippen LogP contribution < -0.4 is 14.8 Å². The molecule has 1 atom stereocenters. The number of hydrogen-bond donors (Lipinski definition) is 1. The highest BCUT2D eigenvalue weighted by atomic mass is 35.5. The van der Waals surface area contributed by atoms with E-state index in [4.69, 9.17) is 21.1 Å². The van der Waals surface area contributed by atoms with Crippen LogP contribution in [0.1, 0.15) is 24.1 Å². The highest BCUT2D eigenvalue weighted by molar-refractivity contribution is 6.30. The summed E-state index contributed by atoms with van der Waals surface area (Å²) in [6.07, 6.45) is 0. The van der Waals surface area contributed by atoms with E-state index in [0.29, 0.717) is 0 Å². The van der Waals surface area contributed by atoms with Crippen LogP contribution in [0, 0.1) is 6.92 Å². The second-order valence-corrected chi connectivity index (χ2v) is 5.37. The van der Waals surface area contributed by atoms with Crippen LogP contribution in [0.15, 0.2) is 36.4 Å². The quantitative estimate of drug-likeness (QED) is 0.857. The van der Waals surface area contributed by atoms with Gasteiger partial charge in [-0.1, -0.05) is 11.6 Å². The van der Waals surface area contributed by atoms with Crippen molar-refractivity contribution in [3.8, 4) is 11.5 Å². The minimum atomic E-state index is 0.0786. The number of aryl methyl sites for hydroxylation is 1. The van der Waals surface area contributed by atoms with E-state index in [2.05, 4.69) is 12.2 Å². The van der Waals surface area contributed by atoms with Gasteiger partial charge < -0.3 is 14.8 Å². The normalized spacial score (nSPS) is 11.9. The third-order valence-electron chi connectivity index (χ3n) is 3.46. The lowest BCUT2D eigenvalue weighted by atomic mass is 10.1. The summed E-state index contributed by atoms with van der Waals surface area (Å²) in [7, 11) is 3.33. The van der Waals surface area contributed by atoms with Gasteiger partial charge in [0.1, 0.15) is 11.5 Å². The van der Waals surface area contributed by atoms with Crippen molar-refractivity contribution in [1.82, 2.24) is 0 Å². The van der Waals surface area contributed by atoms with Crippen LogP contribution in [-0.4, -0.2) is 14.2 Å². The van der Waals surface area contributed by atoms with Crippen LogP contribution in [0.25, 0.3) is 0 Å². The second kappa shape index (κ2) is 6.72. The Hall–Kier alpha value is -1.87. The van der Waals surface area contributed by atoms with Crippen LogP contribution >= 0.6 is 11.6 Å². The van der Waals surface area contributed by atoms with Crippen LogP contribution in [0.5, 0.6) is 11.5 Å². The largest absolute Gasteiger partial charge is 0.497 e. The van der Waals surface area contributed by atoms with Gasteiger partial charge in [0.25, 0.3) is 0 Å². The highest BCUT2D eigenvalue weighted by Crippen LogP contribution is 2.32. The first-order chi connectivity index (χ1) is 10.0. The lowest BCUT2D eigenvalue weighted by Crippen LogP contribution is -2.09. The number of nitrogens with one attached hydrogen (secondary N) is 1. The molecule has 0 amide bonds. The van der Waals surface area contributed by atoms with Gasteiger partial charge in [0.05, 0.1) is 20.3 Å². The van der Waals surface area contributed by atoms with Crippen LogP contribution in [0.2, 0.25) is 5.02 Å². The van der Waals surface area contributed by atoms with Crippen molar-refractivity contribution in [2.24, 2.45) is 0 Å². The summed E-state index contributed by atoms with van der Waals surface area (Å²) in [5.74, 6) is 1.65. The van der Waals surface area contributed by atoms with Crippen molar-refractivity contribution in [1.29, 1.82) is 0 Å². The van der Waals surface area contributed by atoms with E-state index in [1.165, 1.54) is 0 Å². The number of anilines is 1. The van der Waals surface area contributed by atoms with Gasteiger partial charge in [-0.15, -0.1) is 0 Å². The average molecular weight is 306 g/mol. The Morgan fingerprint density at radius 3 is 2.43 bits per heavy atom. The van der Waals surface area contributed by atoms with Crippen LogP contribution in [0.3, 0.4) is 0 Å². The molecule has 0 saturated heterocycles. The van der Waals surface area contributed by atoms with E-state index in [0.717, 1.165) is 33.3 Å². The Kier molecular flexibility index (Phi) is 4.97. The molecule has 0 saturated carbocycles. The van der Waals surface area contributed by atoms with E-state index in [1.807, 2.05) is 43.3 Å². The first-order valence-electron chi connectivity index (χ1n) is 6.79. The molecule has 112 valence electrons. The van der Waals surface area contributed by atoms with Crippen molar-refractivity contribution >= 4 is 17.3 Å². The standard InChI is InChI=1S/C17H20ClNO2/c1-11-9-13(18)5-7-16(11)19-12(2)15-10-14(20-3)6-8-17(15)21-4/h5-10,12,19H,1-4H3. The Bertz CT molecular complexity index is 628. The summed E-state index contributed by atoms with van der Waals surface area (Å²) in [5.41, 5.74) is 3.21. The minimum absolute atomic E-state index is 0.0786. The molecule has 1 unspecified atom stereocenters. The fraction of sp³-hybridized carbons (Fsp3) is 0.294. The van der Waals surface area contributed by atoms with Crippen LogP contribution in [0.4, 0.5) is 5.69 Å². The van der Waals surface area contributed by atoms with Gasteiger partial charge in [0.2, 0.25) is 0 Å². The van der Waals surface area contributed by atoms with Crippen LogP contribution in [-0.2, 0) is 0 Å². The van der Waals surface area contributed by atoms with E-state index in [9.17, 15) is 0 Å². The molecule has 0 radical (unpaired) electrons. The third-order valence-corrected chi connectivity index (χ3v) is 3.70. The summed E-state index contributed by atoms with van der Waals surface area (Å²) in [6, 6.07) is 11.7. The van der Waals surface area contributed by atoms with E-state index in [1.54, 1.807) is 14.2 Å². The highest BCUT2D eigenvalue weighted by Gasteiger charge is 2.13. The van der Waals surface area contributed by atoms with E-state index >= 15 is 0 Å². The monoisotopic (exact) mass is 305 g/mol. The molecule has 0 aliphatic rings. The molecule has 0 spiro atoms. The summed E-state index contributed by atoms with van der Waals surface area (Å²) < 4.78 is 10.7. The van der Waals surface area contributed by atoms with Gasteiger partial charge in [0, 0.05) is 16.3 Å². The first-order valence-corrected chi connectivity index (χ1v) is 7.17. The zero-order valence-electron chi connectivity index (χ0n) is 12.7. The number of rotatable bonds is 5. The van der Waals surface area contributed by atoms with Gasteiger partial charge in [0.15, 0.2) is 0 Å². The zero-order chi connectivity index (χ0) is 15.4. The molecular formula is C17H20ClNO2. The minimum Gasteiger partial charge on any atom is -0.497 e. The SMILES string of the molecule is COc1ccc(OC)c(C(C)Nc2ccc(Cl)cc2C)c1. The third kappa shape index (κ3) is 3.61. The van der Waals surface area contributed by atoms with Gasteiger partial charge >= 0.3 is 0 Å². The molecule has 0 aliphatic heterocycles. The lowest BCUT2D eigenvalue weighted by Gasteiger charge is -2.20. The predicted molar refractivity (Wildman–Crippen MR) is 87.8 cm³/mol. The second-order valence-electron chi connectivity index (χ2n) is 4.93. The maximum atomic E-state index is 5.99. The first kappa shape index (κ1) is 15.5. The van der Waals surface area contributed by atoms with Gasteiger partial charge in [-0.25, -0.2) is 0 Å². The van der Waals surface area contributed by atoms with Gasteiger partial charge in [-0.05, 0) is 55.8 Å². The fourth-order valence-corrected chi connectivity index (χ4v) is 2.50. The maximum absolute atomic E-state index is 5.99. The predicted octanol–water partition coefficient (Wildman–Crippen LogP) is 4.84. The van der Waals surface area contributed by atoms with Gasteiger partial charge in [-0.2, -0.15) is 0 Å². The molecule has 0 aromatic heterocycles. The van der Waals surface area contributed by atoms with E-state index < -0.39 is 0 Å². The summed E-state index contributed by atoms with van der Waals surface area (Å²) >= 11 is 5.99. The summed E-state index contributed by atoms with van der Waals surface area (Å²) in [5, 5.41) is 4.23. The number of methoxy groups -OCH3 is 2. The molecule has 1 N–H and O–H groups in total. The molecule has 0 bridgehead atoms. The molecule has 2 aromatic carbocycles. The lowest BCUT2D eigenvalue weighted by molar-refractivity contribution is 0.397. The molecule has 0 aliphatic carbocycles. The summed E-state index contributed by atoms with van der Waals surface area (Å²) in [6.45, 7) is 4.12. The average Bonchev–Trinajstić information content (AvgIpc) is 2.49. The van der Waals surface area contributed by atoms with Crippen molar-refractivity contribution in [3.05, 3.63) is 52.5 Å². The molecule has 2 aromatic rings. The van der Waals surface area contributed by atoms with Gasteiger partial charge in [-0.3, -0.25) is 0 Å². The number of halogens is 1. The Labute approximate surface area is 130 Å². The van der Waals surface area contributed by atoms with Crippen molar-refractivity contribution in [2.75, 3.05) is 19.5 Å². The van der Waals surface area contributed by atoms with Crippen molar-refractivity contribution < 1.29 is 9.47 Å². The molecule has 21 heavy (non-hydrogen) atoms.